The van der Waals surface area contributed by atoms with E-state index in [0.717, 1.165) is 127 Å². The molecule has 20 rings (SSSR count). The van der Waals surface area contributed by atoms with Crippen molar-refractivity contribution in [1.82, 2.24) is 24.1 Å². The fraction of sp³-hybridized carbons (Fsp3) is 0. The van der Waals surface area contributed by atoms with Crippen LogP contribution in [-0.2, 0) is 0 Å². The SMILES string of the molecule is c1ccc(-c2ccc(-c3cc(-n4c5cc(-c6ccc7sc8c(-c9nc(-n%10c%11cc(-c%12ccccc%12)ccc%11c%11c%12oc%13ccccc%13c%12ccc%11%10)nc%10ccccc9%10)cccc8c7c6)ccc5c5c6sc7ccccc7c6ccc54)nc4ccccc34)cc2)cc1. The van der Waals surface area contributed by atoms with E-state index in [0.29, 0.717) is 5.95 Å². The molecule has 0 fully saturated rings. The Morgan fingerprint density at radius 3 is 1.63 bits per heavy atom. The van der Waals surface area contributed by atoms with E-state index in [9.17, 15) is 0 Å². The molecular weight excluding hydrogens is 1150 g/mol. The largest absolute Gasteiger partial charge is 0.455 e. The fourth-order valence-corrected chi connectivity index (χ4v) is 17.0. The number of benzene rings is 13. The fourth-order valence-electron chi connectivity index (χ4n) is 14.5. The van der Waals surface area contributed by atoms with E-state index in [4.69, 9.17) is 19.4 Å². The molecule has 20 aromatic rings. The van der Waals surface area contributed by atoms with E-state index < -0.39 is 0 Å². The van der Waals surface area contributed by atoms with Gasteiger partial charge in [-0.05, 0) is 117 Å². The Kier molecular flexibility index (Phi) is 10.8. The van der Waals surface area contributed by atoms with Crippen molar-refractivity contribution < 1.29 is 4.42 Å². The summed E-state index contributed by atoms with van der Waals surface area (Å²) in [7, 11) is 0. The second-order valence-electron chi connectivity index (χ2n) is 23.7. The van der Waals surface area contributed by atoms with Gasteiger partial charge in [0.25, 0.3) is 0 Å². The van der Waals surface area contributed by atoms with Gasteiger partial charge in [-0.25, -0.2) is 15.0 Å². The van der Waals surface area contributed by atoms with Crippen molar-refractivity contribution in [3.63, 3.8) is 0 Å². The lowest BCUT2D eigenvalue weighted by Gasteiger charge is -2.14. The number of para-hydroxylation sites is 3. The summed E-state index contributed by atoms with van der Waals surface area (Å²) >= 11 is 3.70. The van der Waals surface area contributed by atoms with Gasteiger partial charge in [0.2, 0.25) is 5.95 Å². The van der Waals surface area contributed by atoms with Crippen molar-refractivity contribution in [3.05, 3.63) is 285 Å². The van der Waals surface area contributed by atoms with Gasteiger partial charge in [0.05, 0.1) is 44.2 Å². The Labute approximate surface area is 528 Å². The van der Waals surface area contributed by atoms with Crippen molar-refractivity contribution in [2.24, 2.45) is 0 Å². The third kappa shape index (κ3) is 7.61. The van der Waals surface area contributed by atoms with Gasteiger partial charge in [0.1, 0.15) is 17.0 Å². The molecule has 7 heterocycles. The van der Waals surface area contributed by atoms with Crippen LogP contribution in [0.5, 0.6) is 0 Å². The average Bonchev–Trinajstić information content (AvgIpc) is 1.58. The number of furan rings is 1. The van der Waals surface area contributed by atoms with Gasteiger partial charge in [-0.3, -0.25) is 9.13 Å². The molecule has 422 valence electrons. The van der Waals surface area contributed by atoms with Crippen molar-refractivity contribution in [1.29, 1.82) is 0 Å². The van der Waals surface area contributed by atoms with Crippen LogP contribution in [0.3, 0.4) is 0 Å². The maximum atomic E-state index is 6.78. The maximum Gasteiger partial charge on any atom is 0.235 e. The van der Waals surface area contributed by atoms with Gasteiger partial charge in [-0.2, -0.15) is 0 Å². The van der Waals surface area contributed by atoms with Gasteiger partial charge in [0.15, 0.2) is 0 Å². The quantitative estimate of drug-likeness (QED) is 0.160. The van der Waals surface area contributed by atoms with Crippen LogP contribution in [0.4, 0.5) is 0 Å². The van der Waals surface area contributed by atoms with E-state index in [1.807, 2.05) is 28.7 Å². The van der Waals surface area contributed by atoms with Crippen LogP contribution >= 0.6 is 22.7 Å². The molecule has 0 aliphatic rings. The minimum atomic E-state index is 0.600. The molecule has 0 atom stereocenters. The Balaban J connectivity index is 0.765. The van der Waals surface area contributed by atoms with Crippen LogP contribution in [0.2, 0.25) is 0 Å². The highest BCUT2D eigenvalue weighted by Crippen LogP contribution is 2.48. The molecule has 0 aliphatic heterocycles. The zero-order chi connectivity index (χ0) is 59.4. The summed E-state index contributed by atoms with van der Waals surface area (Å²) in [6, 6.07) is 103. The molecule has 0 spiro atoms. The Hall–Kier alpha value is -11.6. The lowest BCUT2D eigenvalue weighted by atomic mass is 9.98. The zero-order valence-electron chi connectivity index (χ0n) is 48.6. The first kappa shape index (κ1) is 50.4. The molecule has 13 aromatic carbocycles. The molecule has 0 unspecified atom stereocenters. The molecule has 0 N–H and O–H groups in total. The predicted molar refractivity (Wildman–Crippen MR) is 384 cm³/mol. The number of rotatable bonds is 7. The van der Waals surface area contributed by atoms with Gasteiger partial charge in [0, 0.05) is 83.6 Å². The summed E-state index contributed by atoms with van der Waals surface area (Å²) in [5.74, 6) is 1.48. The van der Waals surface area contributed by atoms with E-state index in [-0.39, 0.29) is 0 Å². The predicted octanol–water partition coefficient (Wildman–Crippen LogP) is 23.3. The van der Waals surface area contributed by atoms with Crippen LogP contribution in [0.15, 0.2) is 290 Å². The molecule has 0 saturated carbocycles. The second kappa shape index (κ2) is 19.5. The molecule has 7 aromatic heterocycles. The summed E-state index contributed by atoms with van der Waals surface area (Å²) in [6.07, 6.45) is 0. The van der Waals surface area contributed by atoms with Crippen LogP contribution in [0, 0.1) is 0 Å². The van der Waals surface area contributed by atoms with Crippen molar-refractivity contribution in [2.45, 2.75) is 0 Å². The Morgan fingerprint density at radius 1 is 0.286 bits per heavy atom. The molecule has 8 heteroatoms. The lowest BCUT2D eigenvalue weighted by Crippen LogP contribution is -2.03. The molecule has 6 nitrogen and oxygen atoms in total. The first-order valence-corrected chi connectivity index (χ1v) is 32.3. The molecular formula is C83H47N5OS2. The summed E-state index contributed by atoms with van der Waals surface area (Å²) < 4.78 is 16.4. The molecule has 91 heavy (non-hydrogen) atoms. The van der Waals surface area contributed by atoms with Crippen LogP contribution < -0.4 is 0 Å². The minimum absolute atomic E-state index is 0.600. The van der Waals surface area contributed by atoms with Crippen LogP contribution in [-0.4, -0.2) is 24.1 Å². The summed E-state index contributed by atoms with van der Waals surface area (Å²) in [4.78, 5) is 16.7. The number of fused-ring (bicyclic) bond motifs is 19. The first-order chi connectivity index (χ1) is 45.1. The number of pyridine rings is 1. The third-order valence-electron chi connectivity index (χ3n) is 18.8. The highest BCUT2D eigenvalue weighted by molar-refractivity contribution is 7.27. The van der Waals surface area contributed by atoms with Crippen molar-refractivity contribution >= 4 is 150 Å². The number of aromatic nitrogens is 5. The Bertz CT molecular complexity index is 6450. The second-order valence-corrected chi connectivity index (χ2v) is 25.8. The molecule has 0 amide bonds. The minimum Gasteiger partial charge on any atom is -0.455 e. The zero-order valence-corrected chi connectivity index (χ0v) is 50.2. The molecule has 0 radical (unpaired) electrons. The number of nitrogens with zero attached hydrogens (tertiary/aromatic N) is 5. The lowest BCUT2D eigenvalue weighted by molar-refractivity contribution is 0.673. The Morgan fingerprint density at radius 2 is 0.824 bits per heavy atom. The van der Waals surface area contributed by atoms with E-state index >= 15 is 0 Å². The third-order valence-corrected chi connectivity index (χ3v) is 21.2. The number of thiophene rings is 2. The van der Waals surface area contributed by atoms with Gasteiger partial charge in [-0.1, -0.05) is 212 Å². The van der Waals surface area contributed by atoms with Gasteiger partial charge in [-0.15, -0.1) is 22.7 Å². The topological polar surface area (TPSA) is 61.7 Å². The molecule has 0 aliphatic carbocycles. The van der Waals surface area contributed by atoms with E-state index in [2.05, 4.69) is 288 Å². The summed E-state index contributed by atoms with van der Waals surface area (Å²) in [5.41, 5.74) is 18.9. The van der Waals surface area contributed by atoms with E-state index in [1.165, 1.54) is 62.2 Å². The normalized spacial score (nSPS) is 12.2. The van der Waals surface area contributed by atoms with Gasteiger partial charge >= 0.3 is 0 Å². The highest BCUT2D eigenvalue weighted by Gasteiger charge is 2.25. The smallest absolute Gasteiger partial charge is 0.235 e. The van der Waals surface area contributed by atoms with Crippen molar-refractivity contribution in [3.8, 4) is 67.5 Å². The highest BCUT2D eigenvalue weighted by atomic mass is 32.1. The number of hydrogen-bond acceptors (Lipinski definition) is 6. The van der Waals surface area contributed by atoms with E-state index in [1.54, 1.807) is 0 Å². The first-order valence-electron chi connectivity index (χ1n) is 30.7. The average molecular weight is 1190 g/mol. The van der Waals surface area contributed by atoms with Crippen LogP contribution in [0.1, 0.15) is 0 Å². The molecule has 0 bridgehead atoms. The summed E-state index contributed by atoms with van der Waals surface area (Å²) in [6.45, 7) is 0. The molecule has 0 saturated heterocycles. The monoisotopic (exact) mass is 1190 g/mol. The standard InChI is InChI=1S/C83H47N5OS2/c1-3-16-48(17-4-1)50-30-32-51(33-31-50)65-47-76(84-67-26-11-7-20-55(65)67)87-70-42-40-60-57-22-10-14-29-74(57)91-82(60)78(70)63-38-35-54(46-71(63)87)52-36-43-75-66(44-52)59-24-15-25-64(81(59)90-75)79-61-23-8-12-27-68(61)85-83(86-79)88-69-41-39-58-56-21-9-13-28-73(56)89-80(58)77(69)62-37-34-53(45-72(62)88)49-18-5-2-6-19-49/h1-47H. The number of hydrogen-bond donors (Lipinski definition) is 0. The maximum absolute atomic E-state index is 6.78. The van der Waals surface area contributed by atoms with Gasteiger partial charge < -0.3 is 4.42 Å². The van der Waals surface area contributed by atoms with Crippen molar-refractivity contribution in [2.75, 3.05) is 0 Å². The van der Waals surface area contributed by atoms with Crippen LogP contribution in [0.25, 0.3) is 195 Å². The summed E-state index contributed by atoms with van der Waals surface area (Å²) in [5, 5.41) is 13.8.